The highest BCUT2D eigenvalue weighted by molar-refractivity contribution is 6.31. The summed E-state index contributed by atoms with van der Waals surface area (Å²) in [6.45, 7) is 0.170. The monoisotopic (exact) mass is 371 g/mol. The van der Waals surface area contributed by atoms with E-state index in [1.807, 2.05) is 30.3 Å². The normalized spacial score (nSPS) is 10.9. The Bertz CT molecular complexity index is 1000. The number of halogens is 1. The van der Waals surface area contributed by atoms with E-state index in [0.717, 1.165) is 5.56 Å². The zero-order chi connectivity index (χ0) is 18.7. The van der Waals surface area contributed by atoms with Crippen LogP contribution in [0.15, 0.2) is 53.3 Å². The average Bonchev–Trinajstić information content (AvgIpc) is 2.64. The number of aliphatic hydroxyl groups is 1. The van der Waals surface area contributed by atoms with E-state index < -0.39 is 11.3 Å². The Balaban J connectivity index is 2.04. The van der Waals surface area contributed by atoms with E-state index in [2.05, 4.69) is 5.10 Å². The number of rotatable bonds is 5. The molecule has 26 heavy (non-hydrogen) atoms. The summed E-state index contributed by atoms with van der Waals surface area (Å²) in [7, 11) is 1.67. The van der Waals surface area contributed by atoms with Crippen molar-refractivity contribution in [1.82, 2.24) is 14.7 Å². The van der Waals surface area contributed by atoms with E-state index >= 15 is 0 Å². The number of hydrogen-bond donors (Lipinski definition) is 1. The number of amides is 1. The minimum absolute atomic E-state index is 0.103. The van der Waals surface area contributed by atoms with Gasteiger partial charge in [-0.25, -0.2) is 0 Å². The maximum absolute atomic E-state index is 12.9. The van der Waals surface area contributed by atoms with Crippen LogP contribution in [0.3, 0.4) is 0 Å². The first-order chi connectivity index (χ1) is 12.5. The first-order valence-corrected chi connectivity index (χ1v) is 8.49. The predicted molar refractivity (Wildman–Crippen MR) is 100 cm³/mol. The van der Waals surface area contributed by atoms with Crippen LogP contribution >= 0.6 is 11.6 Å². The van der Waals surface area contributed by atoms with E-state index in [0.29, 0.717) is 15.9 Å². The molecule has 0 aliphatic rings. The highest BCUT2D eigenvalue weighted by Crippen LogP contribution is 2.16. The molecule has 0 fully saturated rings. The van der Waals surface area contributed by atoms with E-state index in [-0.39, 0.29) is 25.4 Å². The van der Waals surface area contributed by atoms with Gasteiger partial charge in [-0.15, -0.1) is 0 Å². The lowest BCUT2D eigenvalue weighted by molar-refractivity contribution is 0.0698. The van der Waals surface area contributed by atoms with Gasteiger partial charge >= 0.3 is 0 Å². The quantitative estimate of drug-likeness (QED) is 0.746. The highest BCUT2D eigenvalue weighted by Gasteiger charge is 2.22. The molecule has 0 aliphatic carbocycles. The Kier molecular flexibility index (Phi) is 5.35. The van der Waals surface area contributed by atoms with Crippen molar-refractivity contribution in [2.45, 2.75) is 6.54 Å². The summed E-state index contributed by atoms with van der Waals surface area (Å²) in [5, 5.41) is 14.2. The lowest BCUT2D eigenvalue weighted by Crippen LogP contribution is -2.37. The van der Waals surface area contributed by atoms with Gasteiger partial charge in [0.1, 0.15) is 0 Å². The number of aliphatic hydroxyl groups excluding tert-OH is 1. The molecular weight excluding hydrogens is 354 g/mol. The molecule has 2 aromatic carbocycles. The summed E-state index contributed by atoms with van der Waals surface area (Å²) in [6.07, 6.45) is 0. The van der Waals surface area contributed by atoms with Crippen molar-refractivity contribution in [3.63, 3.8) is 0 Å². The summed E-state index contributed by atoms with van der Waals surface area (Å²) in [6, 6.07) is 14.3. The number of carbonyl (C=O) groups excluding carboxylic acids is 1. The van der Waals surface area contributed by atoms with Gasteiger partial charge in [0.2, 0.25) is 5.43 Å². The van der Waals surface area contributed by atoms with Crippen LogP contribution in [0, 0.1) is 0 Å². The second-order valence-electron chi connectivity index (χ2n) is 5.90. The van der Waals surface area contributed by atoms with Gasteiger partial charge in [0.25, 0.3) is 5.91 Å². The molecule has 0 bridgehead atoms. The molecule has 0 aliphatic heterocycles. The van der Waals surface area contributed by atoms with Crippen molar-refractivity contribution in [2.75, 3.05) is 13.2 Å². The molecule has 134 valence electrons. The van der Waals surface area contributed by atoms with Crippen LogP contribution in [-0.2, 0) is 13.6 Å². The Morgan fingerprint density at radius 1 is 1.23 bits per heavy atom. The zero-order valence-corrected chi connectivity index (χ0v) is 15.0. The fourth-order valence-corrected chi connectivity index (χ4v) is 2.99. The highest BCUT2D eigenvalue weighted by atomic mass is 35.5. The largest absolute Gasteiger partial charge is 0.395 e. The first kappa shape index (κ1) is 18.1. The number of aryl methyl sites for hydroxylation is 1. The van der Waals surface area contributed by atoms with Crippen LogP contribution in [-0.4, -0.2) is 38.8 Å². The summed E-state index contributed by atoms with van der Waals surface area (Å²) >= 11 is 6.00. The SMILES string of the molecule is Cn1nc(C(=O)N(CCO)Cc2ccccc2)c(=O)c2cc(Cl)ccc21. The molecule has 6 nitrogen and oxygen atoms in total. The minimum Gasteiger partial charge on any atom is -0.395 e. The predicted octanol–water partition coefficient (Wildman–Crippen LogP) is 2.22. The van der Waals surface area contributed by atoms with Gasteiger partial charge in [0.15, 0.2) is 5.69 Å². The van der Waals surface area contributed by atoms with E-state index in [9.17, 15) is 14.7 Å². The number of benzene rings is 2. The third-order valence-electron chi connectivity index (χ3n) is 4.09. The maximum Gasteiger partial charge on any atom is 0.278 e. The Morgan fingerprint density at radius 3 is 2.65 bits per heavy atom. The topological polar surface area (TPSA) is 75.4 Å². The number of nitrogens with zero attached hydrogens (tertiary/aromatic N) is 3. The molecule has 1 aromatic heterocycles. The minimum atomic E-state index is -0.523. The molecular formula is C19H18ClN3O3. The van der Waals surface area contributed by atoms with Gasteiger partial charge in [-0.3, -0.25) is 14.3 Å². The molecule has 3 aromatic rings. The Morgan fingerprint density at radius 2 is 1.96 bits per heavy atom. The van der Waals surface area contributed by atoms with Crippen molar-refractivity contribution in [2.24, 2.45) is 7.05 Å². The smallest absolute Gasteiger partial charge is 0.278 e. The van der Waals surface area contributed by atoms with Gasteiger partial charge < -0.3 is 10.0 Å². The van der Waals surface area contributed by atoms with E-state index in [1.165, 1.54) is 15.6 Å². The lowest BCUT2D eigenvalue weighted by Gasteiger charge is -2.21. The third kappa shape index (κ3) is 3.61. The number of fused-ring (bicyclic) bond motifs is 1. The molecule has 0 saturated heterocycles. The number of hydrogen-bond acceptors (Lipinski definition) is 4. The van der Waals surface area contributed by atoms with Crippen LogP contribution < -0.4 is 5.43 Å². The summed E-state index contributed by atoms with van der Waals surface area (Å²) in [5.74, 6) is -0.523. The van der Waals surface area contributed by atoms with Crippen molar-refractivity contribution < 1.29 is 9.90 Å². The molecule has 0 saturated carbocycles. The van der Waals surface area contributed by atoms with Crippen molar-refractivity contribution in [3.05, 3.63) is 75.0 Å². The van der Waals surface area contributed by atoms with Crippen molar-refractivity contribution in [1.29, 1.82) is 0 Å². The van der Waals surface area contributed by atoms with Crippen LogP contribution in [0.1, 0.15) is 16.1 Å². The first-order valence-electron chi connectivity index (χ1n) is 8.12. The second kappa shape index (κ2) is 7.68. The van der Waals surface area contributed by atoms with Crippen LogP contribution in [0.5, 0.6) is 0 Å². The Labute approximate surface area is 155 Å². The van der Waals surface area contributed by atoms with Gasteiger partial charge in [-0.2, -0.15) is 5.10 Å². The Hall–Kier alpha value is -2.70. The average molecular weight is 372 g/mol. The van der Waals surface area contributed by atoms with Crippen molar-refractivity contribution in [3.8, 4) is 0 Å². The standard InChI is InChI=1S/C19H18ClN3O3/c1-22-16-8-7-14(20)11-15(16)18(25)17(21-22)19(26)23(9-10-24)12-13-5-3-2-4-6-13/h2-8,11,24H,9-10,12H2,1H3. The van der Waals surface area contributed by atoms with Gasteiger partial charge in [-0.05, 0) is 23.8 Å². The molecule has 1 heterocycles. The van der Waals surface area contributed by atoms with Crippen LogP contribution in [0.25, 0.3) is 10.9 Å². The van der Waals surface area contributed by atoms with Crippen LogP contribution in [0.4, 0.5) is 0 Å². The van der Waals surface area contributed by atoms with Gasteiger partial charge in [0, 0.05) is 25.2 Å². The molecule has 7 heteroatoms. The molecule has 1 amide bonds. The molecule has 0 atom stereocenters. The second-order valence-corrected chi connectivity index (χ2v) is 6.34. The van der Waals surface area contributed by atoms with Gasteiger partial charge in [0.05, 0.1) is 17.5 Å². The number of carbonyl (C=O) groups is 1. The van der Waals surface area contributed by atoms with E-state index in [4.69, 9.17) is 11.6 Å². The summed E-state index contributed by atoms with van der Waals surface area (Å²) in [5.41, 5.74) is 0.830. The van der Waals surface area contributed by atoms with E-state index in [1.54, 1.807) is 19.2 Å². The molecule has 1 N–H and O–H groups in total. The summed E-state index contributed by atoms with van der Waals surface area (Å²) < 4.78 is 1.49. The lowest BCUT2D eigenvalue weighted by atomic mass is 10.1. The van der Waals surface area contributed by atoms with Crippen molar-refractivity contribution >= 4 is 28.4 Å². The maximum atomic E-state index is 12.9. The fraction of sp³-hybridized carbons (Fsp3) is 0.211. The molecule has 0 spiro atoms. The summed E-state index contributed by atoms with van der Waals surface area (Å²) in [4.78, 5) is 27.1. The fourth-order valence-electron chi connectivity index (χ4n) is 2.82. The molecule has 3 rings (SSSR count). The molecule has 0 unspecified atom stereocenters. The molecule has 0 radical (unpaired) electrons. The van der Waals surface area contributed by atoms with Gasteiger partial charge in [-0.1, -0.05) is 41.9 Å². The third-order valence-corrected chi connectivity index (χ3v) is 4.33. The van der Waals surface area contributed by atoms with Crippen LogP contribution in [0.2, 0.25) is 5.02 Å². The number of aromatic nitrogens is 2. The zero-order valence-electron chi connectivity index (χ0n) is 14.2.